The van der Waals surface area contributed by atoms with Crippen LogP contribution in [-0.2, 0) is 11.8 Å². The Balaban J connectivity index is 1.73. The van der Waals surface area contributed by atoms with Crippen LogP contribution in [0.15, 0.2) is 23.7 Å². The Hall–Kier alpha value is -2.15. The van der Waals surface area contributed by atoms with Crippen LogP contribution in [0.5, 0.6) is 0 Å². The zero-order valence-electron chi connectivity index (χ0n) is 11.4. The van der Waals surface area contributed by atoms with Gasteiger partial charge >= 0.3 is 5.97 Å². The molecule has 1 aliphatic carbocycles. The second-order valence-electron chi connectivity index (χ2n) is 5.22. The van der Waals surface area contributed by atoms with E-state index in [0.29, 0.717) is 24.1 Å². The normalized spacial score (nSPS) is 20.8. The highest BCUT2D eigenvalue weighted by Crippen LogP contribution is 2.29. The highest BCUT2D eigenvalue weighted by atomic mass is 32.1. The number of aliphatic carboxylic acids is 1. The van der Waals surface area contributed by atoms with E-state index in [2.05, 4.69) is 10.4 Å². The molecule has 2 aromatic heterocycles. The van der Waals surface area contributed by atoms with E-state index in [4.69, 9.17) is 5.11 Å². The monoisotopic (exact) mass is 305 g/mol. The van der Waals surface area contributed by atoms with E-state index < -0.39 is 5.97 Å². The van der Waals surface area contributed by atoms with Crippen molar-refractivity contribution in [1.29, 1.82) is 0 Å². The first-order valence-corrected chi connectivity index (χ1v) is 7.53. The standard InChI is InChI=1S/C14H15N3O3S/c1-17-7-10(12(16-17)11-3-2-4-21-11)13(18)15-9-5-8(6-9)14(19)20/h2-4,7-9H,5-6H2,1H3,(H,15,18)(H,19,20). The van der Waals surface area contributed by atoms with Crippen LogP contribution in [0.3, 0.4) is 0 Å². The summed E-state index contributed by atoms with van der Waals surface area (Å²) in [6.07, 6.45) is 2.68. The molecular weight excluding hydrogens is 290 g/mol. The van der Waals surface area contributed by atoms with Crippen molar-refractivity contribution in [3.05, 3.63) is 29.3 Å². The zero-order valence-corrected chi connectivity index (χ0v) is 12.3. The van der Waals surface area contributed by atoms with Gasteiger partial charge in [-0.25, -0.2) is 0 Å². The van der Waals surface area contributed by atoms with E-state index >= 15 is 0 Å². The smallest absolute Gasteiger partial charge is 0.306 e. The Kier molecular flexibility index (Phi) is 3.50. The van der Waals surface area contributed by atoms with E-state index in [0.717, 1.165) is 4.88 Å². The lowest BCUT2D eigenvalue weighted by molar-refractivity contribution is -0.145. The molecule has 0 aromatic carbocycles. The number of rotatable bonds is 4. The number of hydrogen-bond acceptors (Lipinski definition) is 4. The summed E-state index contributed by atoms with van der Waals surface area (Å²) in [5, 5.41) is 18.0. The summed E-state index contributed by atoms with van der Waals surface area (Å²) in [4.78, 5) is 24.1. The van der Waals surface area contributed by atoms with Crippen LogP contribution in [0.25, 0.3) is 10.6 Å². The number of carboxylic acid groups (broad SMARTS) is 1. The highest BCUT2D eigenvalue weighted by Gasteiger charge is 2.35. The third-order valence-corrected chi connectivity index (χ3v) is 4.53. The minimum Gasteiger partial charge on any atom is -0.481 e. The third kappa shape index (κ3) is 2.69. The molecule has 0 atom stereocenters. The Morgan fingerprint density at radius 2 is 2.24 bits per heavy atom. The van der Waals surface area contributed by atoms with Gasteiger partial charge in [0, 0.05) is 19.3 Å². The van der Waals surface area contributed by atoms with Crippen LogP contribution < -0.4 is 5.32 Å². The van der Waals surface area contributed by atoms with Gasteiger partial charge in [0.25, 0.3) is 5.91 Å². The summed E-state index contributed by atoms with van der Waals surface area (Å²) in [7, 11) is 1.78. The summed E-state index contributed by atoms with van der Waals surface area (Å²) in [5.74, 6) is -1.32. The molecule has 0 aliphatic heterocycles. The van der Waals surface area contributed by atoms with E-state index in [1.807, 2.05) is 17.5 Å². The molecule has 110 valence electrons. The van der Waals surface area contributed by atoms with E-state index in [1.165, 1.54) is 11.3 Å². The van der Waals surface area contributed by atoms with Gasteiger partial charge in [-0.15, -0.1) is 11.3 Å². The van der Waals surface area contributed by atoms with Gasteiger partial charge in [-0.1, -0.05) is 6.07 Å². The van der Waals surface area contributed by atoms with Gasteiger partial charge in [-0.3, -0.25) is 14.3 Å². The second kappa shape index (κ2) is 5.33. The van der Waals surface area contributed by atoms with Crippen molar-refractivity contribution < 1.29 is 14.7 Å². The van der Waals surface area contributed by atoms with Crippen molar-refractivity contribution in [3.63, 3.8) is 0 Å². The minimum atomic E-state index is -0.791. The molecule has 2 N–H and O–H groups in total. The maximum absolute atomic E-state index is 12.3. The minimum absolute atomic E-state index is 0.0602. The molecule has 0 unspecified atom stereocenters. The average molecular weight is 305 g/mol. The summed E-state index contributed by atoms with van der Waals surface area (Å²) < 4.78 is 1.62. The van der Waals surface area contributed by atoms with E-state index in [-0.39, 0.29) is 17.9 Å². The van der Waals surface area contributed by atoms with Gasteiger partial charge in [-0.05, 0) is 24.3 Å². The summed E-state index contributed by atoms with van der Waals surface area (Å²) in [5.41, 5.74) is 1.19. The molecule has 7 heteroatoms. The largest absolute Gasteiger partial charge is 0.481 e. The number of aromatic nitrogens is 2. The highest BCUT2D eigenvalue weighted by molar-refractivity contribution is 7.13. The maximum atomic E-state index is 12.3. The fraction of sp³-hybridized carbons (Fsp3) is 0.357. The lowest BCUT2D eigenvalue weighted by atomic mass is 9.80. The van der Waals surface area contributed by atoms with E-state index in [1.54, 1.807) is 17.9 Å². The number of carbonyl (C=O) groups excluding carboxylic acids is 1. The van der Waals surface area contributed by atoms with Gasteiger partial charge in [-0.2, -0.15) is 5.10 Å². The van der Waals surface area contributed by atoms with Gasteiger partial charge < -0.3 is 10.4 Å². The fourth-order valence-electron chi connectivity index (χ4n) is 2.45. The SMILES string of the molecule is Cn1cc(C(=O)NC2CC(C(=O)O)C2)c(-c2cccs2)n1. The summed E-state index contributed by atoms with van der Waals surface area (Å²) >= 11 is 1.53. The Labute approximate surface area is 125 Å². The van der Waals surface area contributed by atoms with E-state index in [9.17, 15) is 9.59 Å². The first kappa shape index (κ1) is 13.8. The Morgan fingerprint density at radius 3 is 2.86 bits per heavy atom. The Bertz CT molecular complexity index is 672. The van der Waals surface area contributed by atoms with Crippen LogP contribution in [0.1, 0.15) is 23.2 Å². The molecule has 21 heavy (non-hydrogen) atoms. The third-order valence-electron chi connectivity index (χ3n) is 3.65. The number of hydrogen-bond donors (Lipinski definition) is 2. The first-order valence-electron chi connectivity index (χ1n) is 6.66. The molecule has 0 saturated heterocycles. The molecule has 3 rings (SSSR count). The lowest BCUT2D eigenvalue weighted by Crippen LogP contribution is -2.46. The number of carbonyl (C=O) groups is 2. The first-order chi connectivity index (χ1) is 10.0. The maximum Gasteiger partial charge on any atom is 0.306 e. The van der Waals surface area contributed by atoms with Gasteiger partial charge in [0.05, 0.1) is 16.4 Å². The van der Waals surface area contributed by atoms with Crippen molar-refractivity contribution in [2.24, 2.45) is 13.0 Å². The molecule has 0 bridgehead atoms. The number of thiophene rings is 1. The number of nitrogens with one attached hydrogen (secondary N) is 1. The molecule has 0 radical (unpaired) electrons. The van der Waals surface area contributed by atoms with Crippen molar-refractivity contribution in [1.82, 2.24) is 15.1 Å². The summed E-state index contributed by atoms with van der Waals surface area (Å²) in [6.45, 7) is 0. The van der Waals surface area contributed by atoms with Crippen molar-refractivity contribution in [2.75, 3.05) is 0 Å². The number of nitrogens with zero attached hydrogens (tertiary/aromatic N) is 2. The quantitative estimate of drug-likeness (QED) is 0.901. The predicted molar refractivity (Wildman–Crippen MR) is 78.1 cm³/mol. The topological polar surface area (TPSA) is 84.2 Å². The molecule has 6 nitrogen and oxygen atoms in total. The van der Waals surface area contributed by atoms with Crippen LogP contribution in [-0.4, -0.2) is 32.8 Å². The molecule has 1 fully saturated rings. The molecule has 1 aliphatic rings. The Morgan fingerprint density at radius 1 is 1.48 bits per heavy atom. The number of amides is 1. The van der Waals surface area contributed by atoms with Crippen LogP contribution in [0.2, 0.25) is 0 Å². The van der Waals surface area contributed by atoms with Gasteiger partial charge in [0.15, 0.2) is 0 Å². The number of aryl methyl sites for hydroxylation is 1. The van der Waals surface area contributed by atoms with Crippen molar-refractivity contribution in [2.45, 2.75) is 18.9 Å². The lowest BCUT2D eigenvalue weighted by Gasteiger charge is -2.32. The molecule has 1 saturated carbocycles. The van der Waals surface area contributed by atoms with Crippen LogP contribution in [0.4, 0.5) is 0 Å². The summed E-state index contributed by atoms with van der Waals surface area (Å²) in [6, 6.07) is 3.78. The molecule has 2 heterocycles. The molecule has 1 amide bonds. The molecule has 0 spiro atoms. The number of carboxylic acids is 1. The van der Waals surface area contributed by atoms with Crippen LogP contribution >= 0.6 is 11.3 Å². The molecular formula is C14H15N3O3S. The zero-order chi connectivity index (χ0) is 15.0. The predicted octanol–water partition coefficient (Wildman–Crippen LogP) is 1.74. The average Bonchev–Trinajstić information content (AvgIpc) is 3.00. The van der Waals surface area contributed by atoms with Gasteiger partial charge in [0.1, 0.15) is 5.69 Å². The molecule has 2 aromatic rings. The second-order valence-corrected chi connectivity index (χ2v) is 6.17. The van der Waals surface area contributed by atoms with Crippen molar-refractivity contribution >= 4 is 23.2 Å². The van der Waals surface area contributed by atoms with Gasteiger partial charge in [0.2, 0.25) is 0 Å². The van der Waals surface area contributed by atoms with Crippen molar-refractivity contribution in [3.8, 4) is 10.6 Å². The fourth-order valence-corrected chi connectivity index (χ4v) is 3.17. The van der Waals surface area contributed by atoms with Crippen LogP contribution in [0, 0.1) is 5.92 Å².